The van der Waals surface area contributed by atoms with Crippen molar-refractivity contribution in [2.24, 2.45) is 0 Å². The zero-order chi connectivity index (χ0) is 34.9. The Morgan fingerprint density at radius 3 is 1.92 bits per heavy atom. The predicted molar refractivity (Wildman–Crippen MR) is 181 cm³/mol. The predicted octanol–water partition coefficient (Wildman–Crippen LogP) is 5.01. The fraction of sp³-hybridized carbons (Fsp3) is 0.351. The van der Waals surface area contributed by atoms with Crippen LogP contribution < -0.4 is 5.32 Å². The SMILES string of the molecule is CN(C)C1(c2ccccc2)CCC(c2[nH]c3ccccc3c2CCNC(=O)c2ccccc2)CC1.O=C(O)CC(O)(CC(=O)O)C(=O)O. The maximum atomic E-state index is 12.6. The fourth-order valence-corrected chi connectivity index (χ4v) is 6.67. The standard InChI is InChI=1S/C31H35N3O.C6H8O7/c1-34(2)31(25-13-7-4-8-14-25)20-17-23(18-21-31)29-27(26-15-9-10-16-28(26)33-29)19-22-32-30(35)24-11-5-3-6-12-24;7-3(8)1-6(13,5(11)12)2-4(9)10/h3-16,23,33H,17-22H2,1-2H3,(H,32,35);13H,1-2H2,(H,7,8)(H,9,10)(H,11,12). The average molecular weight is 658 g/mol. The van der Waals surface area contributed by atoms with Crippen molar-refractivity contribution in [1.82, 2.24) is 15.2 Å². The zero-order valence-electron chi connectivity index (χ0n) is 27.2. The van der Waals surface area contributed by atoms with Gasteiger partial charge in [-0.2, -0.15) is 0 Å². The van der Waals surface area contributed by atoms with Crippen molar-refractivity contribution >= 4 is 34.7 Å². The fourth-order valence-electron chi connectivity index (χ4n) is 6.67. The van der Waals surface area contributed by atoms with E-state index in [1.54, 1.807) is 0 Å². The third-order valence-electron chi connectivity index (χ3n) is 9.22. The minimum absolute atomic E-state index is 0.0108. The largest absolute Gasteiger partial charge is 0.481 e. The first-order chi connectivity index (χ1) is 22.9. The molecule has 1 aliphatic rings. The van der Waals surface area contributed by atoms with E-state index in [0.717, 1.165) is 32.1 Å². The topological polar surface area (TPSA) is 180 Å². The molecule has 1 fully saturated rings. The lowest BCUT2D eigenvalue weighted by atomic mass is 9.70. The lowest BCUT2D eigenvalue weighted by Gasteiger charge is -2.45. The number of rotatable bonds is 12. The molecule has 11 heteroatoms. The molecule has 0 unspecified atom stereocenters. The number of H-pyrrole nitrogens is 1. The average Bonchev–Trinajstić information content (AvgIpc) is 3.43. The van der Waals surface area contributed by atoms with Crippen molar-refractivity contribution in [2.45, 2.75) is 62.0 Å². The number of carboxylic acid groups (broad SMARTS) is 3. The molecule has 48 heavy (non-hydrogen) atoms. The summed E-state index contributed by atoms with van der Waals surface area (Å²) in [5.74, 6) is -4.53. The van der Waals surface area contributed by atoms with Gasteiger partial charge in [0.15, 0.2) is 5.60 Å². The summed E-state index contributed by atoms with van der Waals surface area (Å²) in [4.78, 5) is 49.2. The molecule has 5 rings (SSSR count). The highest BCUT2D eigenvalue weighted by molar-refractivity contribution is 5.94. The van der Waals surface area contributed by atoms with E-state index in [2.05, 4.69) is 83.9 Å². The molecule has 11 nitrogen and oxygen atoms in total. The van der Waals surface area contributed by atoms with Crippen molar-refractivity contribution in [3.8, 4) is 0 Å². The quantitative estimate of drug-likeness (QED) is 0.122. The van der Waals surface area contributed by atoms with Gasteiger partial charge in [-0.25, -0.2) is 4.79 Å². The number of benzene rings is 3. The van der Waals surface area contributed by atoms with E-state index in [-0.39, 0.29) is 11.4 Å². The van der Waals surface area contributed by atoms with Gasteiger partial charge in [-0.15, -0.1) is 0 Å². The summed E-state index contributed by atoms with van der Waals surface area (Å²) in [6, 6.07) is 29.0. The molecule has 4 aromatic rings. The van der Waals surface area contributed by atoms with Crippen molar-refractivity contribution in [2.75, 3.05) is 20.6 Å². The summed E-state index contributed by atoms with van der Waals surface area (Å²) in [5, 5.41) is 38.2. The Kier molecular flexibility index (Phi) is 11.7. The van der Waals surface area contributed by atoms with Crippen LogP contribution in [0.3, 0.4) is 0 Å². The molecule has 0 atom stereocenters. The highest BCUT2D eigenvalue weighted by Gasteiger charge is 2.41. The number of carbonyl (C=O) groups excluding carboxylic acids is 1. The molecular formula is C37H43N3O8. The minimum Gasteiger partial charge on any atom is -0.481 e. The molecule has 3 aromatic carbocycles. The maximum Gasteiger partial charge on any atom is 0.336 e. The first-order valence-electron chi connectivity index (χ1n) is 15.9. The van der Waals surface area contributed by atoms with Crippen molar-refractivity contribution in [3.63, 3.8) is 0 Å². The number of aliphatic carboxylic acids is 3. The van der Waals surface area contributed by atoms with Crippen molar-refractivity contribution in [1.29, 1.82) is 0 Å². The molecule has 0 saturated heterocycles. The van der Waals surface area contributed by atoms with Crippen molar-refractivity contribution in [3.05, 3.63) is 107 Å². The molecule has 1 aliphatic carbocycles. The van der Waals surface area contributed by atoms with Crippen LogP contribution in [0.4, 0.5) is 0 Å². The summed E-state index contributed by atoms with van der Waals surface area (Å²) in [6.07, 6.45) is 3.09. The first kappa shape index (κ1) is 35.8. The molecule has 1 amide bonds. The number of nitrogens with zero attached hydrogens (tertiary/aromatic N) is 1. The normalized spacial score (nSPS) is 17.7. The van der Waals surface area contributed by atoms with Gasteiger partial charge in [-0.3, -0.25) is 19.3 Å². The number of hydrogen-bond acceptors (Lipinski definition) is 6. The van der Waals surface area contributed by atoms with Crippen LogP contribution in [0.25, 0.3) is 10.9 Å². The zero-order valence-corrected chi connectivity index (χ0v) is 27.2. The number of aromatic amines is 1. The number of fused-ring (bicyclic) bond motifs is 1. The summed E-state index contributed by atoms with van der Waals surface area (Å²) in [6.45, 7) is 0.626. The number of carbonyl (C=O) groups is 4. The molecule has 0 radical (unpaired) electrons. The van der Waals surface area contributed by atoms with Gasteiger partial charge >= 0.3 is 17.9 Å². The Bertz CT molecular complexity index is 1690. The lowest BCUT2D eigenvalue weighted by Crippen LogP contribution is -2.44. The second kappa shape index (κ2) is 15.7. The van der Waals surface area contributed by atoms with Crippen LogP contribution in [0.2, 0.25) is 0 Å². The lowest BCUT2D eigenvalue weighted by molar-refractivity contribution is -0.170. The van der Waals surface area contributed by atoms with Crippen LogP contribution in [0.15, 0.2) is 84.9 Å². The van der Waals surface area contributed by atoms with Gasteiger partial charge < -0.3 is 30.7 Å². The van der Waals surface area contributed by atoms with E-state index in [4.69, 9.17) is 20.4 Å². The Balaban J connectivity index is 0.000000341. The van der Waals surface area contributed by atoms with Crippen LogP contribution in [0.1, 0.15) is 71.6 Å². The molecule has 1 saturated carbocycles. The van der Waals surface area contributed by atoms with E-state index >= 15 is 0 Å². The minimum atomic E-state index is -2.74. The van der Waals surface area contributed by atoms with Gasteiger partial charge in [0.2, 0.25) is 0 Å². The Hall–Kier alpha value is -5.00. The number of aromatic nitrogens is 1. The third-order valence-corrected chi connectivity index (χ3v) is 9.22. The van der Waals surface area contributed by atoms with Gasteiger partial charge in [0.25, 0.3) is 5.91 Å². The van der Waals surface area contributed by atoms with Crippen LogP contribution in [-0.2, 0) is 26.3 Å². The van der Waals surface area contributed by atoms with E-state index in [9.17, 15) is 19.2 Å². The van der Waals surface area contributed by atoms with Crippen LogP contribution in [-0.4, -0.2) is 80.4 Å². The summed E-state index contributed by atoms with van der Waals surface area (Å²) < 4.78 is 0. The molecule has 0 bridgehead atoms. The second-order valence-electron chi connectivity index (χ2n) is 12.5. The Labute approximate surface area is 279 Å². The Morgan fingerprint density at radius 2 is 1.38 bits per heavy atom. The molecule has 0 aliphatic heterocycles. The number of amides is 1. The van der Waals surface area contributed by atoms with E-state index in [1.165, 1.54) is 27.7 Å². The maximum absolute atomic E-state index is 12.6. The molecule has 0 spiro atoms. The molecule has 1 heterocycles. The summed E-state index contributed by atoms with van der Waals surface area (Å²) >= 11 is 0. The van der Waals surface area contributed by atoms with Gasteiger partial charge in [0.05, 0.1) is 12.8 Å². The first-order valence-corrected chi connectivity index (χ1v) is 15.9. The van der Waals surface area contributed by atoms with E-state index < -0.39 is 36.4 Å². The van der Waals surface area contributed by atoms with Crippen LogP contribution >= 0.6 is 0 Å². The molecule has 254 valence electrons. The summed E-state index contributed by atoms with van der Waals surface area (Å²) in [7, 11) is 4.44. The number of carboxylic acids is 3. The van der Waals surface area contributed by atoms with Crippen LogP contribution in [0.5, 0.6) is 0 Å². The van der Waals surface area contributed by atoms with Gasteiger partial charge in [0.1, 0.15) is 0 Å². The molecular weight excluding hydrogens is 614 g/mol. The monoisotopic (exact) mass is 657 g/mol. The highest BCUT2D eigenvalue weighted by atomic mass is 16.4. The van der Waals surface area contributed by atoms with Crippen molar-refractivity contribution < 1.29 is 39.6 Å². The van der Waals surface area contributed by atoms with Gasteiger partial charge in [-0.05, 0) is 81.4 Å². The van der Waals surface area contributed by atoms with Gasteiger partial charge in [-0.1, -0.05) is 66.7 Å². The number of aliphatic hydroxyl groups is 1. The van der Waals surface area contributed by atoms with E-state index in [0.29, 0.717) is 18.0 Å². The van der Waals surface area contributed by atoms with Gasteiger partial charge in [0, 0.05) is 34.2 Å². The molecule has 1 aromatic heterocycles. The Morgan fingerprint density at radius 1 is 0.833 bits per heavy atom. The van der Waals surface area contributed by atoms with E-state index in [1.807, 2.05) is 30.3 Å². The second-order valence-corrected chi connectivity index (χ2v) is 12.5. The number of hydrogen-bond donors (Lipinski definition) is 6. The summed E-state index contributed by atoms with van der Waals surface area (Å²) in [5.41, 5.74) is 3.39. The third kappa shape index (κ3) is 8.47. The van der Waals surface area contributed by atoms with Crippen LogP contribution in [0, 0.1) is 0 Å². The highest BCUT2D eigenvalue weighted by Crippen LogP contribution is 2.47. The molecule has 6 N–H and O–H groups in total. The number of para-hydroxylation sites is 1. The number of nitrogens with one attached hydrogen (secondary N) is 2. The smallest absolute Gasteiger partial charge is 0.336 e.